The van der Waals surface area contributed by atoms with Crippen LogP contribution in [0, 0.1) is 0 Å². The molecule has 2 aromatic rings. The van der Waals surface area contributed by atoms with Gasteiger partial charge in [0.2, 0.25) is 0 Å². The number of carbonyl (C=O) groups is 1. The molecule has 1 aromatic carbocycles. The number of hydrogen-bond donors (Lipinski definition) is 0. The Bertz CT molecular complexity index is 610. The van der Waals surface area contributed by atoms with Crippen molar-refractivity contribution in [2.24, 2.45) is 0 Å². The summed E-state index contributed by atoms with van der Waals surface area (Å²) < 4.78 is 5.24. The molecule has 0 radical (unpaired) electrons. The topological polar surface area (TPSA) is 39.2 Å². The molecule has 0 atom stereocenters. The summed E-state index contributed by atoms with van der Waals surface area (Å²) in [7, 11) is 1.64. The van der Waals surface area contributed by atoms with Gasteiger partial charge in [-0.05, 0) is 61.1 Å². The van der Waals surface area contributed by atoms with Crippen molar-refractivity contribution in [3.05, 3.63) is 59.4 Å². The summed E-state index contributed by atoms with van der Waals surface area (Å²) in [5.41, 5.74) is 3.22. The van der Waals surface area contributed by atoms with Gasteiger partial charge in [0, 0.05) is 18.0 Å². The second kappa shape index (κ2) is 10.6. The van der Waals surface area contributed by atoms with Crippen LogP contribution in [0.15, 0.2) is 42.7 Å². The van der Waals surface area contributed by atoms with Crippen LogP contribution in [0.4, 0.5) is 0 Å². The van der Waals surface area contributed by atoms with Crippen LogP contribution < -0.4 is 4.74 Å². The molecule has 0 aliphatic carbocycles. The molecular formula is C21H27NO2. The summed E-state index contributed by atoms with van der Waals surface area (Å²) in [4.78, 5) is 15.1. The van der Waals surface area contributed by atoms with Crippen molar-refractivity contribution in [2.75, 3.05) is 7.11 Å². The van der Waals surface area contributed by atoms with E-state index in [1.54, 1.807) is 13.2 Å². The lowest BCUT2D eigenvalue weighted by atomic mass is 10.0. The molecule has 0 saturated carbocycles. The van der Waals surface area contributed by atoms with Gasteiger partial charge in [0.25, 0.3) is 0 Å². The van der Waals surface area contributed by atoms with Gasteiger partial charge in [-0.3, -0.25) is 9.78 Å². The van der Waals surface area contributed by atoms with Crippen LogP contribution in [-0.4, -0.2) is 18.4 Å². The van der Waals surface area contributed by atoms with Gasteiger partial charge in [0.15, 0.2) is 0 Å². The lowest BCUT2D eigenvalue weighted by molar-refractivity contribution is 0.112. The number of hydrogen-bond acceptors (Lipinski definition) is 3. The Hall–Kier alpha value is -2.16. The second-order valence-corrected chi connectivity index (χ2v) is 6.21. The van der Waals surface area contributed by atoms with E-state index in [-0.39, 0.29) is 0 Å². The van der Waals surface area contributed by atoms with Gasteiger partial charge in [-0.15, -0.1) is 0 Å². The fourth-order valence-electron chi connectivity index (χ4n) is 2.93. The third-order valence-electron chi connectivity index (χ3n) is 4.26. The fraction of sp³-hybridized carbons (Fsp3) is 0.429. The smallest absolute Gasteiger partial charge is 0.150 e. The minimum atomic E-state index is 0.694. The van der Waals surface area contributed by atoms with E-state index in [0.29, 0.717) is 5.56 Å². The Balaban J connectivity index is 1.57. The number of aldehydes is 1. The number of rotatable bonds is 11. The normalized spacial score (nSPS) is 10.5. The highest BCUT2D eigenvalue weighted by Crippen LogP contribution is 2.18. The summed E-state index contributed by atoms with van der Waals surface area (Å²) in [5.74, 6) is 0.769. The van der Waals surface area contributed by atoms with E-state index in [0.717, 1.165) is 31.3 Å². The van der Waals surface area contributed by atoms with Crippen LogP contribution in [0.25, 0.3) is 0 Å². The van der Waals surface area contributed by atoms with Gasteiger partial charge < -0.3 is 4.74 Å². The maximum atomic E-state index is 10.9. The number of methoxy groups -OCH3 is 1. The van der Waals surface area contributed by atoms with Gasteiger partial charge in [-0.25, -0.2) is 0 Å². The average molecular weight is 325 g/mol. The number of aromatic nitrogens is 1. The zero-order valence-corrected chi connectivity index (χ0v) is 14.5. The molecular weight excluding hydrogens is 298 g/mol. The Morgan fingerprint density at radius 3 is 2.29 bits per heavy atom. The second-order valence-electron chi connectivity index (χ2n) is 6.21. The summed E-state index contributed by atoms with van der Waals surface area (Å²) in [6.45, 7) is 0. The maximum absolute atomic E-state index is 10.9. The monoisotopic (exact) mass is 325 g/mol. The number of pyridine rings is 1. The van der Waals surface area contributed by atoms with Crippen molar-refractivity contribution in [1.82, 2.24) is 4.98 Å². The third kappa shape index (κ3) is 6.53. The third-order valence-corrected chi connectivity index (χ3v) is 4.26. The fourth-order valence-corrected chi connectivity index (χ4v) is 2.93. The zero-order chi connectivity index (χ0) is 17.0. The van der Waals surface area contributed by atoms with Crippen LogP contribution in [0.5, 0.6) is 5.75 Å². The molecule has 0 aliphatic heterocycles. The SMILES string of the molecule is COc1cc(C=O)cc(CCCCCCCCc2cccnc2)c1. The first-order valence-corrected chi connectivity index (χ1v) is 8.84. The number of nitrogens with zero attached hydrogens (tertiary/aromatic N) is 1. The Kier molecular flexibility index (Phi) is 8.02. The molecule has 1 heterocycles. The van der Waals surface area contributed by atoms with E-state index in [9.17, 15) is 4.79 Å². The molecule has 0 fully saturated rings. The van der Waals surface area contributed by atoms with E-state index in [1.165, 1.54) is 43.2 Å². The molecule has 0 spiro atoms. The van der Waals surface area contributed by atoms with Gasteiger partial charge in [-0.2, -0.15) is 0 Å². The molecule has 0 unspecified atom stereocenters. The minimum Gasteiger partial charge on any atom is -0.497 e. The molecule has 0 N–H and O–H groups in total. The van der Waals surface area contributed by atoms with Crippen molar-refractivity contribution in [2.45, 2.75) is 51.4 Å². The van der Waals surface area contributed by atoms with Crippen molar-refractivity contribution >= 4 is 6.29 Å². The highest BCUT2D eigenvalue weighted by atomic mass is 16.5. The molecule has 0 saturated heterocycles. The molecule has 1 aromatic heterocycles. The summed E-state index contributed by atoms with van der Waals surface area (Å²) in [6, 6.07) is 9.92. The number of carbonyl (C=O) groups excluding carboxylic acids is 1. The number of benzene rings is 1. The molecule has 0 bridgehead atoms. The first-order valence-electron chi connectivity index (χ1n) is 8.84. The first-order chi connectivity index (χ1) is 11.8. The molecule has 0 aliphatic rings. The number of aryl methyl sites for hydroxylation is 2. The van der Waals surface area contributed by atoms with Gasteiger partial charge in [-0.1, -0.05) is 31.7 Å². The maximum Gasteiger partial charge on any atom is 0.150 e. The predicted octanol–water partition coefficient (Wildman–Crippen LogP) is 5.03. The van der Waals surface area contributed by atoms with Gasteiger partial charge in [0.1, 0.15) is 12.0 Å². The molecule has 3 heteroatoms. The van der Waals surface area contributed by atoms with E-state index in [2.05, 4.69) is 11.1 Å². The van der Waals surface area contributed by atoms with Gasteiger partial charge in [0.05, 0.1) is 7.11 Å². The molecule has 24 heavy (non-hydrogen) atoms. The Labute approximate surface area is 145 Å². The Morgan fingerprint density at radius 2 is 1.67 bits per heavy atom. The van der Waals surface area contributed by atoms with Crippen molar-refractivity contribution < 1.29 is 9.53 Å². The lowest BCUT2D eigenvalue weighted by Gasteiger charge is -2.06. The van der Waals surface area contributed by atoms with Crippen molar-refractivity contribution in [3.8, 4) is 5.75 Å². The molecule has 3 nitrogen and oxygen atoms in total. The van der Waals surface area contributed by atoms with Crippen LogP contribution in [0.3, 0.4) is 0 Å². The highest BCUT2D eigenvalue weighted by Gasteiger charge is 2.01. The van der Waals surface area contributed by atoms with Crippen molar-refractivity contribution in [3.63, 3.8) is 0 Å². The molecule has 0 amide bonds. The van der Waals surface area contributed by atoms with Crippen LogP contribution in [0.1, 0.15) is 60.0 Å². The van der Waals surface area contributed by atoms with Crippen LogP contribution in [-0.2, 0) is 12.8 Å². The highest BCUT2D eigenvalue weighted by molar-refractivity contribution is 5.76. The van der Waals surface area contributed by atoms with E-state index in [1.807, 2.05) is 30.6 Å². The van der Waals surface area contributed by atoms with Crippen LogP contribution >= 0.6 is 0 Å². The average Bonchev–Trinajstić information content (AvgIpc) is 2.64. The van der Waals surface area contributed by atoms with Gasteiger partial charge >= 0.3 is 0 Å². The van der Waals surface area contributed by atoms with Crippen LogP contribution in [0.2, 0.25) is 0 Å². The Morgan fingerprint density at radius 1 is 0.958 bits per heavy atom. The van der Waals surface area contributed by atoms with E-state index >= 15 is 0 Å². The summed E-state index contributed by atoms with van der Waals surface area (Å²) in [6.07, 6.45) is 14.3. The zero-order valence-electron chi connectivity index (χ0n) is 14.5. The van der Waals surface area contributed by atoms with E-state index < -0.39 is 0 Å². The summed E-state index contributed by atoms with van der Waals surface area (Å²) >= 11 is 0. The molecule has 2 rings (SSSR count). The first kappa shape index (κ1) is 18.2. The number of unbranched alkanes of at least 4 members (excludes halogenated alkanes) is 5. The number of ether oxygens (including phenoxy) is 1. The molecule has 128 valence electrons. The quantitative estimate of drug-likeness (QED) is 0.430. The largest absolute Gasteiger partial charge is 0.497 e. The minimum absolute atomic E-state index is 0.694. The predicted molar refractivity (Wildman–Crippen MR) is 97.7 cm³/mol. The lowest BCUT2D eigenvalue weighted by Crippen LogP contribution is -1.92. The van der Waals surface area contributed by atoms with E-state index in [4.69, 9.17) is 4.74 Å². The van der Waals surface area contributed by atoms with Crippen molar-refractivity contribution in [1.29, 1.82) is 0 Å². The standard InChI is InChI=1S/C21H27NO2/c1-24-21-14-19(13-20(15-21)17-23)10-7-5-3-2-4-6-9-18-11-8-12-22-16-18/h8,11-17H,2-7,9-10H2,1H3. The summed E-state index contributed by atoms with van der Waals surface area (Å²) in [5, 5.41) is 0.